The van der Waals surface area contributed by atoms with Gasteiger partial charge >= 0.3 is 5.97 Å². The molecule has 3 aromatic rings. The molecule has 0 saturated heterocycles. The molecule has 0 radical (unpaired) electrons. The largest absolute Gasteiger partial charge is 0.471 e. The van der Waals surface area contributed by atoms with E-state index in [2.05, 4.69) is 24.3 Å². The van der Waals surface area contributed by atoms with Gasteiger partial charge in [0.25, 0.3) is 5.91 Å². The van der Waals surface area contributed by atoms with Crippen molar-refractivity contribution in [1.29, 1.82) is 0 Å². The van der Waals surface area contributed by atoms with E-state index in [1.165, 1.54) is 16.9 Å². The minimum absolute atomic E-state index is 0.191. The lowest BCUT2D eigenvalue weighted by molar-refractivity contribution is 0.0505. The van der Waals surface area contributed by atoms with Crippen LogP contribution in [0.4, 0.5) is 5.00 Å². The summed E-state index contributed by atoms with van der Waals surface area (Å²) >= 11 is 1.47. The highest BCUT2D eigenvalue weighted by atomic mass is 32.1. The van der Waals surface area contributed by atoms with Gasteiger partial charge in [0.2, 0.25) is 0 Å². The lowest BCUT2D eigenvalue weighted by atomic mass is 9.95. The summed E-state index contributed by atoms with van der Waals surface area (Å²) in [5.41, 5.74) is 3.04. The van der Waals surface area contributed by atoms with Crippen molar-refractivity contribution in [3.63, 3.8) is 0 Å². The molecule has 0 saturated carbocycles. The predicted molar refractivity (Wildman–Crippen MR) is 133 cm³/mol. The fraction of sp³-hybridized carbons (Fsp3) is 0.423. The monoisotopic (exact) mass is 481 g/mol. The molecule has 1 N–H and O–H groups in total. The number of carbonyl (C=O) groups is 2. The van der Waals surface area contributed by atoms with Crippen molar-refractivity contribution in [3.8, 4) is 5.75 Å². The number of nitrogens with one attached hydrogen (secondary N) is 1. The molecule has 180 valence electrons. The first kappa shape index (κ1) is 24.0. The second kappa shape index (κ2) is 10.9. The molecule has 7 nitrogen and oxygen atoms in total. The summed E-state index contributed by atoms with van der Waals surface area (Å²) < 4.78 is 12.8. The van der Waals surface area contributed by atoms with Crippen LogP contribution in [-0.2, 0) is 24.3 Å². The third-order valence-electron chi connectivity index (χ3n) is 5.82. The smallest absolute Gasteiger partial charge is 0.341 e. The second-order valence-electron chi connectivity index (χ2n) is 8.74. The van der Waals surface area contributed by atoms with E-state index in [1.54, 1.807) is 16.9 Å². The molecule has 1 aliphatic carbocycles. The van der Waals surface area contributed by atoms with E-state index >= 15 is 0 Å². The van der Waals surface area contributed by atoms with Crippen LogP contribution in [-0.4, -0.2) is 28.3 Å². The van der Waals surface area contributed by atoms with Gasteiger partial charge in [-0.15, -0.1) is 11.3 Å². The number of carbonyl (C=O) groups excluding carboxylic acids is 2. The van der Waals surface area contributed by atoms with Gasteiger partial charge in [0.05, 0.1) is 12.2 Å². The molecular weight excluding hydrogens is 450 g/mol. The summed E-state index contributed by atoms with van der Waals surface area (Å²) in [5.74, 6) is 0.483. The Morgan fingerprint density at radius 3 is 2.65 bits per heavy atom. The Kier molecular flexibility index (Phi) is 7.67. The molecule has 4 rings (SSSR count). The third kappa shape index (κ3) is 5.50. The number of aryl methyl sites for hydroxylation is 1. The number of anilines is 1. The van der Waals surface area contributed by atoms with Gasteiger partial charge in [-0.25, -0.2) is 9.48 Å². The number of nitrogens with zero attached hydrogens (tertiary/aromatic N) is 2. The zero-order valence-corrected chi connectivity index (χ0v) is 20.7. The molecule has 8 heteroatoms. The van der Waals surface area contributed by atoms with Gasteiger partial charge in [0, 0.05) is 11.1 Å². The van der Waals surface area contributed by atoms with Crippen LogP contribution < -0.4 is 10.1 Å². The number of hydrogen-bond acceptors (Lipinski definition) is 6. The number of thiophene rings is 1. The Bertz CT molecular complexity index is 1150. The molecular formula is C26H31N3O4S. The van der Waals surface area contributed by atoms with Crippen molar-refractivity contribution in [2.24, 2.45) is 0 Å². The van der Waals surface area contributed by atoms with Crippen LogP contribution in [0.15, 0.2) is 36.5 Å². The molecule has 0 atom stereocenters. The van der Waals surface area contributed by atoms with E-state index in [0.29, 0.717) is 23.1 Å². The second-order valence-corrected chi connectivity index (χ2v) is 9.85. The molecule has 0 fully saturated rings. The molecule has 0 unspecified atom stereocenters. The quantitative estimate of drug-likeness (QED) is 0.391. The lowest BCUT2D eigenvalue weighted by Gasteiger charge is -2.12. The number of esters is 1. The Hall–Kier alpha value is -3.13. The summed E-state index contributed by atoms with van der Waals surface area (Å²) in [4.78, 5) is 26.8. The summed E-state index contributed by atoms with van der Waals surface area (Å²) in [6.45, 7) is 6.81. The van der Waals surface area contributed by atoms with Crippen molar-refractivity contribution in [2.75, 3.05) is 11.9 Å². The average Bonchev–Trinajstić information content (AvgIpc) is 3.46. The highest BCUT2D eigenvalue weighted by Gasteiger charge is 2.28. The highest BCUT2D eigenvalue weighted by Crippen LogP contribution is 2.38. The van der Waals surface area contributed by atoms with Crippen molar-refractivity contribution < 1.29 is 19.1 Å². The van der Waals surface area contributed by atoms with E-state index < -0.39 is 0 Å². The van der Waals surface area contributed by atoms with E-state index in [4.69, 9.17) is 9.47 Å². The number of fused-ring (bicyclic) bond motifs is 1. The summed E-state index contributed by atoms with van der Waals surface area (Å²) in [6.07, 6.45) is 6.34. The normalized spacial score (nSPS) is 12.9. The average molecular weight is 482 g/mol. The maximum Gasteiger partial charge on any atom is 0.341 e. The minimum Gasteiger partial charge on any atom is -0.471 e. The van der Waals surface area contributed by atoms with Gasteiger partial charge in [-0.3, -0.25) is 4.79 Å². The minimum atomic E-state index is -0.362. The van der Waals surface area contributed by atoms with E-state index in [-0.39, 0.29) is 24.3 Å². The number of benzene rings is 1. The van der Waals surface area contributed by atoms with Crippen LogP contribution in [0, 0.1) is 0 Å². The van der Waals surface area contributed by atoms with Crippen LogP contribution in [0.3, 0.4) is 0 Å². The van der Waals surface area contributed by atoms with Crippen LogP contribution in [0.2, 0.25) is 0 Å². The Labute approximate surface area is 204 Å². The van der Waals surface area contributed by atoms with Crippen LogP contribution in [0.5, 0.6) is 5.75 Å². The topological polar surface area (TPSA) is 82.5 Å². The first-order valence-electron chi connectivity index (χ1n) is 11.9. The van der Waals surface area contributed by atoms with Crippen molar-refractivity contribution >= 4 is 28.2 Å². The maximum atomic E-state index is 12.9. The first-order valence-corrected chi connectivity index (χ1v) is 12.7. The van der Waals surface area contributed by atoms with E-state index in [9.17, 15) is 9.59 Å². The molecule has 1 aromatic carbocycles. The van der Waals surface area contributed by atoms with Gasteiger partial charge in [0.1, 0.15) is 10.8 Å². The van der Waals surface area contributed by atoms with Gasteiger partial charge in [0.15, 0.2) is 12.4 Å². The predicted octanol–water partition coefficient (Wildman–Crippen LogP) is 5.80. The number of ether oxygens (including phenoxy) is 2. The Morgan fingerprint density at radius 1 is 1.15 bits per heavy atom. The summed E-state index contributed by atoms with van der Waals surface area (Å²) in [5, 5.41) is 7.80. The first-order chi connectivity index (χ1) is 16.5. The number of hydrogen-bond donors (Lipinski definition) is 1. The van der Waals surface area contributed by atoms with Gasteiger partial charge < -0.3 is 14.8 Å². The molecule has 0 aliphatic heterocycles. The van der Waals surface area contributed by atoms with Gasteiger partial charge in [-0.1, -0.05) is 32.9 Å². The van der Waals surface area contributed by atoms with Crippen LogP contribution in [0.1, 0.15) is 82.8 Å². The van der Waals surface area contributed by atoms with Crippen molar-refractivity contribution in [2.45, 2.75) is 65.5 Å². The van der Waals surface area contributed by atoms with Gasteiger partial charge in [-0.2, -0.15) is 5.10 Å². The Morgan fingerprint density at radius 2 is 1.91 bits per heavy atom. The van der Waals surface area contributed by atoms with Crippen LogP contribution in [0.25, 0.3) is 0 Å². The van der Waals surface area contributed by atoms with Gasteiger partial charge in [-0.05, 0) is 67.3 Å². The molecule has 34 heavy (non-hydrogen) atoms. The maximum absolute atomic E-state index is 12.9. The summed E-state index contributed by atoms with van der Waals surface area (Å²) in [7, 11) is 0. The highest BCUT2D eigenvalue weighted by molar-refractivity contribution is 7.17. The molecule has 0 bridgehead atoms. The fourth-order valence-corrected chi connectivity index (χ4v) is 5.22. The zero-order chi connectivity index (χ0) is 24.1. The molecule has 2 aromatic heterocycles. The zero-order valence-electron chi connectivity index (χ0n) is 19.9. The SMILES string of the molecule is CCCOC(=O)c1c(NC(=O)c2ccn(COc3ccc(C(C)C)cc3)n2)sc2c1CCCC2. The lowest BCUT2D eigenvalue weighted by Crippen LogP contribution is -2.17. The molecule has 1 amide bonds. The Balaban J connectivity index is 1.43. The van der Waals surface area contributed by atoms with Crippen molar-refractivity contribution in [3.05, 3.63) is 63.8 Å². The molecule has 1 aliphatic rings. The standard InChI is InChI=1S/C26H31N3O4S/c1-4-15-32-26(31)23-20-7-5-6-8-22(20)34-25(23)27-24(30)21-13-14-29(28-21)16-33-19-11-9-18(10-12-19)17(2)3/h9-14,17H,4-8,15-16H2,1-3H3,(H,27,30). The molecule has 2 heterocycles. The number of aromatic nitrogens is 2. The third-order valence-corrected chi connectivity index (χ3v) is 7.03. The summed E-state index contributed by atoms with van der Waals surface area (Å²) in [6, 6.07) is 9.61. The molecule has 0 spiro atoms. The van der Waals surface area contributed by atoms with Crippen molar-refractivity contribution in [1.82, 2.24) is 9.78 Å². The number of amides is 1. The van der Waals surface area contributed by atoms with Crippen LogP contribution >= 0.6 is 11.3 Å². The fourth-order valence-electron chi connectivity index (χ4n) is 3.95. The number of rotatable bonds is 9. The van der Waals surface area contributed by atoms with E-state index in [1.807, 2.05) is 31.2 Å². The van der Waals surface area contributed by atoms with E-state index in [0.717, 1.165) is 48.3 Å².